The smallest absolute Gasteiger partial charge is 0.221 e. The third-order valence-electron chi connectivity index (χ3n) is 3.50. The number of hydrogen-bond acceptors (Lipinski definition) is 6. The molecule has 0 bridgehead atoms. The van der Waals surface area contributed by atoms with E-state index in [1.165, 1.54) is 6.42 Å². The molecule has 1 aliphatic heterocycles. The van der Waals surface area contributed by atoms with Crippen LogP contribution in [0.1, 0.15) is 39.0 Å². The fraction of sp³-hybridized carbons (Fsp3) is 1.00. The highest BCUT2D eigenvalue weighted by Gasteiger charge is 2.54. The molecule has 1 aliphatic rings. The lowest BCUT2D eigenvalue weighted by Crippen LogP contribution is -2.48. The maximum Gasteiger partial charge on any atom is 0.221 e. The topological polar surface area (TPSA) is 99.4 Å². The highest BCUT2D eigenvalue weighted by atomic mass is 16.7. The Balaban J connectivity index is 2.39. The summed E-state index contributed by atoms with van der Waals surface area (Å²) in [7, 11) is 0. The van der Waals surface area contributed by atoms with Gasteiger partial charge in [-0.1, -0.05) is 32.6 Å². The zero-order valence-corrected chi connectivity index (χ0v) is 11.5. The Kier molecular flexibility index (Phi) is 7.20. The first-order valence-electron chi connectivity index (χ1n) is 7.01. The van der Waals surface area contributed by atoms with E-state index in [1.807, 2.05) is 0 Å². The Labute approximate surface area is 114 Å². The van der Waals surface area contributed by atoms with Gasteiger partial charge in [0.25, 0.3) is 0 Å². The van der Waals surface area contributed by atoms with E-state index in [4.69, 9.17) is 14.6 Å². The van der Waals surface area contributed by atoms with Crippen molar-refractivity contribution in [2.75, 3.05) is 19.8 Å². The lowest BCUT2D eigenvalue weighted by molar-refractivity contribution is -0.276. The van der Waals surface area contributed by atoms with Crippen LogP contribution in [0.4, 0.5) is 0 Å². The Morgan fingerprint density at radius 3 is 2.32 bits per heavy atom. The van der Waals surface area contributed by atoms with Gasteiger partial charge in [-0.3, -0.25) is 0 Å². The quantitative estimate of drug-likeness (QED) is 0.435. The second-order valence-corrected chi connectivity index (χ2v) is 5.01. The zero-order valence-electron chi connectivity index (χ0n) is 11.5. The highest BCUT2D eigenvalue weighted by molar-refractivity contribution is 4.96. The molecule has 0 aromatic rings. The van der Waals surface area contributed by atoms with Crippen LogP contribution >= 0.6 is 0 Å². The molecule has 19 heavy (non-hydrogen) atoms. The van der Waals surface area contributed by atoms with Gasteiger partial charge in [-0.05, 0) is 6.42 Å². The van der Waals surface area contributed by atoms with Crippen LogP contribution in [-0.2, 0) is 9.47 Å². The fourth-order valence-electron chi connectivity index (χ4n) is 2.25. The van der Waals surface area contributed by atoms with Crippen molar-refractivity contribution in [3.63, 3.8) is 0 Å². The normalized spacial score (nSPS) is 34.9. The van der Waals surface area contributed by atoms with Crippen LogP contribution in [0.2, 0.25) is 0 Å². The van der Waals surface area contributed by atoms with E-state index in [1.54, 1.807) is 0 Å². The van der Waals surface area contributed by atoms with Gasteiger partial charge in [0.1, 0.15) is 24.9 Å². The minimum Gasteiger partial charge on any atom is -0.394 e. The van der Waals surface area contributed by atoms with Gasteiger partial charge in [-0.2, -0.15) is 0 Å². The summed E-state index contributed by atoms with van der Waals surface area (Å²) in [5, 5.41) is 37.9. The zero-order chi connectivity index (χ0) is 14.3. The standard InChI is InChI=1S/C13H26O6/c1-2-3-4-5-6-7-18-13(9-15)12(17)11(16)10(8-14)19-13/h10-12,14-17H,2-9H2,1H3/t10-,11-,12+,13+/m1/s1. The summed E-state index contributed by atoms with van der Waals surface area (Å²) in [4.78, 5) is 0. The fourth-order valence-corrected chi connectivity index (χ4v) is 2.25. The van der Waals surface area contributed by atoms with E-state index in [9.17, 15) is 15.3 Å². The molecule has 0 aliphatic carbocycles. The molecule has 1 fully saturated rings. The molecule has 0 amide bonds. The van der Waals surface area contributed by atoms with E-state index in [-0.39, 0.29) is 0 Å². The summed E-state index contributed by atoms with van der Waals surface area (Å²) in [6, 6.07) is 0. The van der Waals surface area contributed by atoms with Crippen LogP contribution in [0, 0.1) is 0 Å². The van der Waals surface area contributed by atoms with Crippen molar-refractivity contribution in [2.45, 2.75) is 63.1 Å². The van der Waals surface area contributed by atoms with Crippen LogP contribution in [0.15, 0.2) is 0 Å². The van der Waals surface area contributed by atoms with Gasteiger partial charge < -0.3 is 29.9 Å². The number of rotatable bonds is 9. The van der Waals surface area contributed by atoms with Gasteiger partial charge in [0.2, 0.25) is 5.79 Å². The minimum absolute atomic E-state index is 0.339. The van der Waals surface area contributed by atoms with Crippen molar-refractivity contribution in [1.82, 2.24) is 0 Å². The molecule has 1 rings (SSSR count). The number of ether oxygens (including phenoxy) is 2. The molecule has 1 heterocycles. The first-order chi connectivity index (χ1) is 9.11. The Morgan fingerprint density at radius 1 is 1.11 bits per heavy atom. The molecule has 0 radical (unpaired) electrons. The third kappa shape index (κ3) is 4.11. The van der Waals surface area contributed by atoms with Crippen LogP contribution < -0.4 is 0 Å². The second-order valence-electron chi connectivity index (χ2n) is 5.01. The van der Waals surface area contributed by atoms with Crippen molar-refractivity contribution in [3.05, 3.63) is 0 Å². The molecule has 0 aromatic heterocycles. The summed E-state index contributed by atoms with van der Waals surface area (Å²) in [6.45, 7) is 1.49. The van der Waals surface area contributed by atoms with Gasteiger partial charge in [0, 0.05) is 0 Å². The average Bonchev–Trinajstić information content (AvgIpc) is 2.68. The van der Waals surface area contributed by atoms with E-state index >= 15 is 0 Å². The van der Waals surface area contributed by atoms with E-state index in [0.717, 1.165) is 25.7 Å². The van der Waals surface area contributed by atoms with Crippen LogP contribution in [0.3, 0.4) is 0 Å². The van der Waals surface area contributed by atoms with E-state index in [2.05, 4.69) is 6.92 Å². The predicted molar refractivity (Wildman–Crippen MR) is 68.5 cm³/mol. The molecule has 1 saturated heterocycles. The molecule has 0 unspecified atom stereocenters. The van der Waals surface area contributed by atoms with Crippen molar-refractivity contribution >= 4 is 0 Å². The first-order valence-corrected chi connectivity index (χ1v) is 7.01. The highest BCUT2D eigenvalue weighted by Crippen LogP contribution is 2.32. The van der Waals surface area contributed by atoms with Gasteiger partial charge in [0.05, 0.1) is 13.2 Å². The van der Waals surface area contributed by atoms with E-state index in [0.29, 0.717) is 6.61 Å². The molecular weight excluding hydrogens is 252 g/mol. The summed E-state index contributed by atoms with van der Waals surface area (Å²) in [6.07, 6.45) is 1.74. The summed E-state index contributed by atoms with van der Waals surface area (Å²) >= 11 is 0. The van der Waals surface area contributed by atoms with Crippen LogP contribution in [0.5, 0.6) is 0 Å². The van der Waals surface area contributed by atoms with Crippen molar-refractivity contribution in [2.24, 2.45) is 0 Å². The lowest BCUT2D eigenvalue weighted by atomic mass is 10.1. The maximum absolute atomic E-state index is 9.88. The second kappa shape index (κ2) is 8.14. The summed E-state index contributed by atoms with van der Waals surface area (Å²) in [5.74, 6) is -1.61. The molecular formula is C13H26O6. The van der Waals surface area contributed by atoms with Crippen molar-refractivity contribution in [1.29, 1.82) is 0 Å². The Hall–Kier alpha value is -0.240. The van der Waals surface area contributed by atoms with Gasteiger partial charge >= 0.3 is 0 Å². The van der Waals surface area contributed by atoms with Crippen molar-refractivity contribution in [3.8, 4) is 0 Å². The minimum atomic E-state index is -1.61. The van der Waals surface area contributed by atoms with Crippen molar-refractivity contribution < 1.29 is 29.9 Å². The molecule has 114 valence electrons. The first kappa shape index (κ1) is 16.8. The van der Waals surface area contributed by atoms with Gasteiger partial charge in [-0.15, -0.1) is 0 Å². The average molecular weight is 278 g/mol. The predicted octanol–water partition coefficient (Wildman–Crippen LogP) is -0.225. The number of aliphatic hydroxyl groups excluding tert-OH is 4. The SMILES string of the molecule is CCCCCCCO[C@@]1(CO)O[C@H](CO)[C@@H](O)[C@@H]1O. The van der Waals surface area contributed by atoms with Gasteiger partial charge in [-0.25, -0.2) is 0 Å². The molecule has 0 spiro atoms. The molecule has 4 atom stereocenters. The Bertz CT molecular complexity index is 249. The monoisotopic (exact) mass is 278 g/mol. The largest absolute Gasteiger partial charge is 0.394 e. The molecule has 0 aromatic carbocycles. The van der Waals surface area contributed by atoms with E-state index < -0.39 is 37.3 Å². The lowest BCUT2D eigenvalue weighted by Gasteiger charge is -2.30. The number of hydrogen-bond donors (Lipinski definition) is 4. The number of aliphatic hydroxyl groups is 4. The Morgan fingerprint density at radius 2 is 1.79 bits per heavy atom. The van der Waals surface area contributed by atoms with Crippen LogP contribution in [0.25, 0.3) is 0 Å². The third-order valence-corrected chi connectivity index (χ3v) is 3.50. The van der Waals surface area contributed by atoms with Crippen LogP contribution in [-0.4, -0.2) is 64.3 Å². The van der Waals surface area contributed by atoms with Gasteiger partial charge in [0.15, 0.2) is 0 Å². The molecule has 6 nitrogen and oxygen atoms in total. The summed E-state index contributed by atoms with van der Waals surface area (Å²) in [5.41, 5.74) is 0. The maximum atomic E-state index is 9.88. The number of unbranched alkanes of at least 4 members (excludes halogenated alkanes) is 4. The molecule has 4 N–H and O–H groups in total. The molecule has 0 saturated carbocycles. The summed E-state index contributed by atoms with van der Waals surface area (Å²) < 4.78 is 10.7. The molecule has 6 heteroatoms.